The highest BCUT2D eigenvalue weighted by atomic mass is 32.2. The Hall–Kier alpha value is -1.93. The van der Waals surface area contributed by atoms with Crippen molar-refractivity contribution in [2.45, 2.75) is 52.9 Å². The molecule has 0 heterocycles. The monoisotopic (exact) mass is 363 g/mol. The molecule has 26 heavy (non-hydrogen) atoms. The quantitative estimate of drug-likeness (QED) is 0.604. The number of anilines is 1. The van der Waals surface area contributed by atoms with Gasteiger partial charge in [0.1, 0.15) is 0 Å². The van der Waals surface area contributed by atoms with Gasteiger partial charge in [-0.1, -0.05) is 48.2 Å². The normalized spacial score (nSPS) is 14.2. The standard InChI is InChI=1S/C24H29NS/c1-16(11-23-12-18(3)24(25)13-17(23)2)15-26-19(4)21-10-9-20-7-5-6-8-22(20)14-21/h9-10,12-15H,4-8,11,25H2,1-3H3/b16-15+. The highest BCUT2D eigenvalue weighted by Crippen LogP contribution is 2.32. The number of aryl methyl sites for hydroxylation is 4. The molecule has 2 aromatic carbocycles. The number of allylic oxidation sites excluding steroid dienone is 1. The van der Waals surface area contributed by atoms with E-state index in [4.69, 9.17) is 5.73 Å². The number of hydrogen-bond donors (Lipinski definition) is 1. The van der Waals surface area contributed by atoms with Crippen molar-refractivity contribution in [1.82, 2.24) is 0 Å². The lowest BCUT2D eigenvalue weighted by molar-refractivity contribution is 0.685. The van der Waals surface area contributed by atoms with E-state index >= 15 is 0 Å². The first-order valence-electron chi connectivity index (χ1n) is 9.43. The van der Waals surface area contributed by atoms with E-state index in [1.807, 2.05) is 0 Å². The van der Waals surface area contributed by atoms with Gasteiger partial charge < -0.3 is 5.73 Å². The van der Waals surface area contributed by atoms with Crippen LogP contribution in [0.25, 0.3) is 4.91 Å². The average molecular weight is 364 g/mol. The number of thioether (sulfide) groups is 1. The van der Waals surface area contributed by atoms with Gasteiger partial charge in [-0.2, -0.15) is 0 Å². The fraction of sp³-hybridized carbons (Fsp3) is 0.333. The summed E-state index contributed by atoms with van der Waals surface area (Å²) >= 11 is 1.74. The van der Waals surface area contributed by atoms with E-state index in [2.05, 4.69) is 63.1 Å². The van der Waals surface area contributed by atoms with Crippen molar-refractivity contribution in [3.63, 3.8) is 0 Å². The predicted molar refractivity (Wildman–Crippen MR) is 117 cm³/mol. The zero-order chi connectivity index (χ0) is 18.7. The molecule has 1 aliphatic rings. The van der Waals surface area contributed by atoms with Crippen LogP contribution in [0.1, 0.15) is 53.1 Å². The molecule has 0 unspecified atom stereocenters. The predicted octanol–water partition coefficient (Wildman–Crippen LogP) is 6.61. The SMILES string of the molecule is C=C(S/C=C(\C)Cc1cc(C)c(N)cc1C)c1ccc2c(c1)CCCC2. The minimum Gasteiger partial charge on any atom is -0.399 e. The molecule has 2 heteroatoms. The summed E-state index contributed by atoms with van der Waals surface area (Å²) in [6.07, 6.45) is 6.04. The van der Waals surface area contributed by atoms with Crippen molar-refractivity contribution < 1.29 is 0 Å². The third-order valence-corrected chi connectivity index (χ3v) is 6.31. The van der Waals surface area contributed by atoms with Crippen molar-refractivity contribution in [2.24, 2.45) is 0 Å². The second-order valence-electron chi connectivity index (χ2n) is 7.51. The maximum absolute atomic E-state index is 6.00. The number of rotatable bonds is 5. The Labute approximate surface area is 162 Å². The molecule has 1 aliphatic carbocycles. The second kappa shape index (κ2) is 8.18. The van der Waals surface area contributed by atoms with Crippen LogP contribution < -0.4 is 5.73 Å². The van der Waals surface area contributed by atoms with Gasteiger partial charge in [-0.05, 0) is 97.7 Å². The Kier molecular flexibility index (Phi) is 5.93. The summed E-state index contributed by atoms with van der Waals surface area (Å²) < 4.78 is 0. The smallest absolute Gasteiger partial charge is 0.0346 e. The van der Waals surface area contributed by atoms with Crippen molar-refractivity contribution in [1.29, 1.82) is 0 Å². The van der Waals surface area contributed by atoms with Gasteiger partial charge in [-0.25, -0.2) is 0 Å². The summed E-state index contributed by atoms with van der Waals surface area (Å²) in [6.45, 7) is 10.7. The molecule has 0 atom stereocenters. The topological polar surface area (TPSA) is 26.0 Å². The molecule has 3 rings (SSSR count). The third-order valence-electron chi connectivity index (χ3n) is 5.27. The summed E-state index contributed by atoms with van der Waals surface area (Å²) in [5.74, 6) is 0. The van der Waals surface area contributed by atoms with E-state index in [9.17, 15) is 0 Å². The van der Waals surface area contributed by atoms with Crippen LogP contribution in [0.4, 0.5) is 5.69 Å². The second-order valence-corrected chi connectivity index (χ2v) is 8.47. The molecular weight excluding hydrogens is 334 g/mol. The van der Waals surface area contributed by atoms with E-state index < -0.39 is 0 Å². The summed E-state index contributed by atoms with van der Waals surface area (Å²) in [5.41, 5.74) is 16.3. The summed E-state index contributed by atoms with van der Waals surface area (Å²) in [7, 11) is 0. The molecule has 0 bridgehead atoms. The Morgan fingerprint density at radius 3 is 2.58 bits per heavy atom. The van der Waals surface area contributed by atoms with Gasteiger partial charge in [-0.15, -0.1) is 0 Å². The Balaban J connectivity index is 1.67. The molecule has 0 aliphatic heterocycles. The molecule has 2 aromatic rings. The summed E-state index contributed by atoms with van der Waals surface area (Å²) in [4.78, 5) is 1.13. The highest BCUT2D eigenvalue weighted by molar-refractivity contribution is 8.10. The number of fused-ring (bicyclic) bond motifs is 1. The first kappa shape index (κ1) is 18.8. The third kappa shape index (κ3) is 4.42. The van der Waals surface area contributed by atoms with Crippen LogP contribution in [0.5, 0.6) is 0 Å². The number of nitrogens with two attached hydrogens (primary N) is 1. The highest BCUT2D eigenvalue weighted by Gasteiger charge is 2.10. The van der Waals surface area contributed by atoms with E-state index in [1.54, 1.807) is 11.8 Å². The van der Waals surface area contributed by atoms with Gasteiger partial charge in [-0.3, -0.25) is 0 Å². The fourth-order valence-electron chi connectivity index (χ4n) is 3.58. The maximum atomic E-state index is 6.00. The number of hydrogen-bond acceptors (Lipinski definition) is 2. The minimum absolute atomic E-state index is 0.878. The van der Waals surface area contributed by atoms with Crippen LogP contribution in [-0.4, -0.2) is 0 Å². The molecule has 0 radical (unpaired) electrons. The summed E-state index contributed by atoms with van der Waals surface area (Å²) in [6, 6.07) is 11.2. The van der Waals surface area contributed by atoms with Gasteiger partial charge in [0.05, 0.1) is 0 Å². The minimum atomic E-state index is 0.878. The number of nitrogen functional groups attached to an aromatic ring is 1. The average Bonchev–Trinajstić information content (AvgIpc) is 2.63. The van der Waals surface area contributed by atoms with E-state index in [0.717, 1.165) is 22.6 Å². The van der Waals surface area contributed by atoms with E-state index in [1.165, 1.54) is 59.1 Å². The van der Waals surface area contributed by atoms with Crippen LogP contribution >= 0.6 is 11.8 Å². The Bertz CT molecular complexity index is 861. The largest absolute Gasteiger partial charge is 0.399 e. The number of benzene rings is 2. The Morgan fingerprint density at radius 1 is 1.08 bits per heavy atom. The van der Waals surface area contributed by atoms with Crippen molar-refractivity contribution in [3.8, 4) is 0 Å². The molecule has 0 amide bonds. The lowest BCUT2D eigenvalue weighted by Crippen LogP contribution is -2.02. The molecule has 0 spiro atoms. The molecule has 0 saturated carbocycles. The van der Waals surface area contributed by atoms with Crippen molar-refractivity contribution >= 4 is 22.4 Å². The van der Waals surface area contributed by atoms with Crippen LogP contribution in [0.2, 0.25) is 0 Å². The van der Waals surface area contributed by atoms with E-state index in [-0.39, 0.29) is 0 Å². The Morgan fingerprint density at radius 2 is 1.81 bits per heavy atom. The molecule has 0 saturated heterocycles. The molecule has 0 aromatic heterocycles. The van der Waals surface area contributed by atoms with Gasteiger partial charge >= 0.3 is 0 Å². The molecule has 2 N–H and O–H groups in total. The zero-order valence-electron chi connectivity index (χ0n) is 16.2. The van der Waals surface area contributed by atoms with Gasteiger partial charge in [0, 0.05) is 10.6 Å². The van der Waals surface area contributed by atoms with Crippen LogP contribution in [-0.2, 0) is 19.3 Å². The van der Waals surface area contributed by atoms with Gasteiger partial charge in [0.15, 0.2) is 0 Å². The molecule has 1 nitrogen and oxygen atoms in total. The van der Waals surface area contributed by atoms with Crippen molar-refractivity contribution in [3.05, 3.63) is 81.3 Å². The fourth-order valence-corrected chi connectivity index (χ4v) is 4.27. The van der Waals surface area contributed by atoms with Crippen LogP contribution in [0, 0.1) is 13.8 Å². The molecule has 0 fully saturated rings. The summed E-state index contributed by atoms with van der Waals surface area (Å²) in [5, 5.41) is 2.24. The molecule has 136 valence electrons. The van der Waals surface area contributed by atoms with Gasteiger partial charge in [0.2, 0.25) is 0 Å². The molecular formula is C24H29NS. The van der Waals surface area contributed by atoms with Crippen LogP contribution in [0.3, 0.4) is 0 Å². The van der Waals surface area contributed by atoms with Crippen molar-refractivity contribution in [2.75, 3.05) is 5.73 Å². The lowest BCUT2D eigenvalue weighted by Gasteiger charge is -2.17. The van der Waals surface area contributed by atoms with Crippen LogP contribution in [0.15, 0.2) is 47.9 Å². The lowest BCUT2D eigenvalue weighted by atomic mass is 9.90. The first-order chi connectivity index (χ1) is 12.4. The first-order valence-corrected chi connectivity index (χ1v) is 10.3. The van der Waals surface area contributed by atoms with Gasteiger partial charge in [0.25, 0.3) is 0 Å². The maximum Gasteiger partial charge on any atom is 0.0346 e. The zero-order valence-corrected chi connectivity index (χ0v) is 17.0. The van der Waals surface area contributed by atoms with E-state index in [0.29, 0.717) is 0 Å².